The van der Waals surface area contributed by atoms with Crippen LogP contribution in [0.5, 0.6) is 0 Å². The number of amides is 2. The minimum absolute atomic E-state index is 0.201. The van der Waals surface area contributed by atoms with Gasteiger partial charge in [-0.25, -0.2) is 4.79 Å². The van der Waals surface area contributed by atoms with Crippen molar-refractivity contribution in [3.8, 4) is 0 Å². The summed E-state index contributed by atoms with van der Waals surface area (Å²) in [6.07, 6.45) is 0.761. The van der Waals surface area contributed by atoms with E-state index >= 15 is 0 Å². The molecule has 0 bridgehead atoms. The summed E-state index contributed by atoms with van der Waals surface area (Å²) in [5.74, 6) is -0.201. The Kier molecular flexibility index (Phi) is 3.82. The van der Waals surface area contributed by atoms with Crippen LogP contribution in [-0.2, 0) is 16.0 Å². The summed E-state index contributed by atoms with van der Waals surface area (Å²) in [4.78, 5) is 23.3. The number of nitrogens with one attached hydrogen (secondary N) is 2. The van der Waals surface area contributed by atoms with Gasteiger partial charge in [0, 0.05) is 5.69 Å². The Hall–Kier alpha value is -2.04. The molecule has 1 aromatic rings. The number of carbonyl (C=O) groups excluding carboxylic acids is 2. The van der Waals surface area contributed by atoms with Gasteiger partial charge in [0.25, 0.3) is 0 Å². The molecule has 0 saturated carbocycles. The zero-order valence-corrected chi connectivity index (χ0v) is 10.2. The van der Waals surface area contributed by atoms with Gasteiger partial charge in [0.2, 0.25) is 5.91 Å². The van der Waals surface area contributed by atoms with Crippen LogP contribution in [0.25, 0.3) is 0 Å². The molecule has 0 aliphatic carbocycles. The van der Waals surface area contributed by atoms with Crippen molar-refractivity contribution in [1.29, 1.82) is 0 Å². The molecular formula is C13H16N2O3. The second kappa shape index (κ2) is 5.53. The van der Waals surface area contributed by atoms with Gasteiger partial charge in [-0.15, -0.1) is 0 Å². The number of hydrogen-bond acceptors (Lipinski definition) is 3. The van der Waals surface area contributed by atoms with E-state index in [-0.39, 0.29) is 5.91 Å². The van der Waals surface area contributed by atoms with Crippen LogP contribution in [0.15, 0.2) is 24.3 Å². The number of fused-ring (bicyclic) bond motifs is 1. The molecule has 2 amide bonds. The highest BCUT2D eigenvalue weighted by atomic mass is 16.5. The van der Waals surface area contributed by atoms with Crippen LogP contribution in [0.2, 0.25) is 0 Å². The second-order valence-corrected chi connectivity index (χ2v) is 4.10. The average Bonchev–Trinajstić information content (AvgIpc) is 2.50. The number of hydrogen-bond donors (Lipinski definition) is 2. The van der Waals surface area contributed by atoms with Gasteiger partial charge in [-0.1, -0.05) is 18.2 Å². The number of alkyl carbamates (subject to hydrolysis) is 1. The van der Waals surface area contributed by atoms with E-state index in [9.17, 15) is 9.59 Å². The number of rotatable bonds is 2. The molecule has 5 heteroatoms. The van der Waals surface area contributed by atoms with E-state index in [1.807, 2.05) is 24.3 Å². The van der Waals surface area contributed by atoms with Gasteiger partial charge in [-0.2, -0.15) is 0 Å². The van der Waals surface area contributed by atoms with Crippen molar-refractivity contribution in [3.05, 3.63) is 29.8 Å². The topological polar surface area (TPSA) is 67.4 Å². The lowest BCUT2D eigenvalue weighted by molar-refractivity contribution is -0.118. The molecule has 2 rings (SSSR count). The number of aryl methyl sites for hydroxylation is 1. The Labute approximate surface area is 106 Å². The SMILES string of the molecule is CCOC(=O)N[C@H]1CCc2ccccc2NC1=O. The quantitative estimate of drug-likeness (QED) is 0.836. The standard InChI is InChI=1S/C13H16N2O3/c1-2-18-13(17)15-11-8-7-9-5-3-4-6-10(9)14-12(11)16/h3-6,11H,2,7-8H2,1H3,(H,14,16)(H,15,17)/t11-/m0/s1. The van der Waals surface area contributed by atoms with Gasteiger partial charge in [0.05, 0.1) is 6.61 Å². The third-order valence-corrected chi connectivity index (χ3v) is 2.86. The van der Waals surface area contributed by atoms with Crippen molar-refractivity contribution in [2.45, 2.75) is 25.8 Å². The predicted molar refractivity (Wildman–Crippen MR) is 67.3 cm³/mol. The first kappa shape index (κ1) is 12.4. The molecule has 0 radical (unpaired) electrons. The fraction of sp³-hybridized carbons (Fsp3) is 0.385. The van der Waals surface area contributed by atoms with Crippen LogP contribution in [0, 0.1) is 0 Å². The van der Waals surface area contributed by atoms with E-state index in [1.165, 1.54) is 0 Å². The molecule has 1 aromatic carbocycles. The highest BCUT2D eigenvalue weighted by Crippen LogP contribution is 2.21. The first-order chi connectivity index (χ1) is 8.70. The lowest BCUT2D eigenvalue weighted by Gasteiger charge is -2.14. The summed E-state index contributed by atoms with van der Waals surface area (Å²) < 4.78 is 4.78. The Balaban J connectivity index is 2.05. The minimum atomic E-state index is -0.552. The first-order valence-electron chi connectivity index (χ1n) is 6.02. The zero-order chi connectivity index (χ0) is 13.0. The molecule has 0 unspecified atom stereocenters. The van der Waals surface area contributed by atoms with Gasteiger partial charge < -0.3 is 15.4 Å². The molecule has 1 aliphatic heterocycles. The summed E-state index contributed by atoms with van der Waals surface area (Å²) >= 11 is 0. The van der Waals surface area contributed by atoms with Crippen molar-refractivity contribution < 1.29 is 14.3 Å². The molecular weight excluding hydrogens is 232 g/mol. The fourth-order valence-electron chi connectivity index (χ4n) is 1.96. The van der Waals surface area contributed by atoms with Crippen LogP contribution in [0.3, 0.4) is 0 Å². The van der Waals surface area contributed by atoms with Crippen LogP contribution in [0.1, 0.15) is 18.9 Å². The average molecular weight is 248 g/mol. The normalized spacial score (nSPS) is 18.3. The van der Waals surface area contributed by atoms with Crippen molar-refractivity contribution in [3.63, 3.8) is 0 Å². The molecule has 18 heavy (non-hydrogen) atoms. The Morgan fingerprint density at radius 3 is 3.06 bits per heavy atom. The van der Waals surface area contributed by atoms with Gasteiger partial charge >= 0.3 is 6.09 Å². The maximum atomic E-state index is 11.9. The molecule has 0 saturated heterocycles. The maximum Gasteiger partial charge on any atom is 0.407 e. The Bertz CT molecular complexity index is 459. The molecule has 0 aromatic heterocycles. The van der Waals surface area contributed by atoms with Gasteiger partial charge in [0.15, 0.2) is 0 Å². The Morgan fingerprint density at radius 1 is 1.50 bits per heavy atom. The van der Waals surface area contributed by atoms with Crippen molar-refractivity contribution >= 4 is 17.7 Å². The molecule has 5 nitrogen and oxygen atoms in total. The van der Waals surface area contributed by atoms with Gasteiger partial charge in [-0.3, -0.25) is 4.79 Å². The minimum Gasteiger partial charge on any atom is -0.450 e. The van der Waals surface area contributed by atoms with Crippen LogP contribution in [-0.4, -0.2) is 24.6 Å². The van der Waals surface area contributed by atoms with E-state index < -0.39 is 12.1 Å². The van der Waals surface area contributed by atoms with E-state index in [1.54, 1.807) is 6.92 Å². The van der Waals surface area contributed by atoms with E-state index in [0.717, 1.165) is 17.7 Å². The zero-order valence-electron chi connectivity index (χ0n) is 10.2. The van der Waals surface area contributed by atoms with Crippen molar-refractivity contribution in [1.82, 2.24) is 5.32 Å². The van der Waals surface area contributed by atoms with Crippen molar-refractivity contribution in [2.75, 3.05) is 11.9 Å². The molecule has 0 fully saturated rings. The largest absolute Gasteiger partial charge is 0.450 e. The Morgan fingerprint density at radius 2 is 2.28 bits per heavy atom. The number of para-hydroxylation sites is 1. The molecule has 1 heterocycles. The maximum absolute atomic E-state index is 11.9. The monoisotopic (exact) mass is 248 g/mol. The number of carbonyl (C=O) groups is 2. The summed E-state index contributed by atoms with van der Waals surface area (Å²) in [5.41, 5.74) is 1.90. The number of benzene rings is 1. The highest BCUT2D eigenvalue weighted by Gasteiger charge is 2.25. The van der Waals surface area contributed by atoms with E-state index in [4.69, 9.17) is 4.74 Å². The smallest absolute Gasteiger partial charge is 0.407 e. The first-order valence-corrected chi connectivity index (χ1v) is 6.02. The van der Waals surface area contributed by atoms with E-state index in [0.29, 0.717) is 13.0 Å². The lowest BCUT2D eigenvalue weighted by Crippen LogP contribution is -2.43. The third-order valence-electron chi connectivity index (χ3n) is 2.86. The molecule has 0 spiro atoms. The summed E-state index contributed by atoms with van der Waals surface area (Å²) in [6.45, 7) is 2.02. The van der Waals surface area contributed by atoms with Crippen LogP contribution in [0.4, 0.5) is 10.5 Å². The van der Waals surface area contributed by atoms with Crippen LogP contribution >= 0.6 is 0 Å². The number of ether oxygens (including phenoxy) is 1. The van der Waals surface area contributed by atoms with E-state index in [2.05, 4.69) is 10.6 Å². The summed E-state index contributed by atoms with van der Waals surface area (Å²) in [5, 5.41) is 5.38. The second-order valence-electron chi connectivity index (χ2n) is 4.10. The molecule has 2 N–H and O–H groups in total. The summed E-state index contributed by atoms with van der Waals surface area (Å²) in [7, 11) is 0. The fourth-order valence-corrected chi connectivity index (χ4v) is 1.96. The van der Waals surface area contributed by atoms with Gasteiger partial charge in [0.1, 0.15) is 6.04 Å². The number of anilines is 1. The van der Waals surface area contributed by atoms with Crippen LogP contribution < -0.4 is 10.6 Å². The molecule has 1 atom stereocenters. The van der Waals surface area contributed by atoms with Crippen molar-refractivity contribution in [2.24, 2.45) is 0 Å². The molecule has 96 valence electrons. The predicted octanol–water partition coefficient (Wildman–Crippen LogP) is 1.69. The molecule has 1 aliphatic rings. The highest BCUT2D eigenvalue weighted by molar-refractivity contribution is 5.97. The lowest BCUT2D eigenvalue weighted by atomic mass is 10.1. The third kappa shape index (κ3) is 2.80. The van der Waals surface area contributed by atoms with Gasteiger partial charge in [-0.05, 0) is 31.4 Å². The summed E-state index contributed by atoms with van der Waals surface area (Å²) in [6, 6.07) is 7.10.